The quantitative estimate of drug-likeness (QED) is 0.780. The van der Waals surface area contributed by atoms with Gasteiger partial charge >= 0.3 is 5.97 Å². The van der Waals surface area contributed by atoms with E-state index >= 15 is 0 Å². The molecule has 0 unspecified atom stereocenters. The molecule has 0 bridgehead atoms. The Hall–Kier alpha value is -2.25. The van der Waals surface area contributed by atoms with E-state index in [1.165, 1.54) is 18.2 Å². The molecule has 0 saturated carbocycles. The summed E-state index contributed by atoms with van der Waals surface area (Å²) in [7, 11) is 0. The van der Waals surface area contributed by atoms with Gasteiger partial charge in [-0.1, -0.05) is 12.1 Å². The zero-order valence-corrected chi connectivity index (χ0v) is 12.2. The summed E-state index contributed by atoms with van der Waals surface area (Å²) in [5, 5.41) is 18.9. The number of aliphatic carboxylic acids is 1. The standard InChI is InChI=1S/C16H14O7/c1-7-16-14(21)12-9(3-2-4-10(12)17)13(20)15(16,23-16)6-8(22-7)5-11(18)19/h2-4,7-8,17H,5-6H2,1H3,(H,18,19)/t7-,8+,15-,16+/m1/s1. The third-order valence-corrected chi connectivity index (χ3v) is 5.00. The van der Waals surface area contributed by atoms with E-state index in [2.05, 4.69) is 0 Å². The van der Waals surface area contributed by atoms with Crippen molar-refractivity contribution in [3.63, 3.8) is 0 Å². The minimum Gasteiger partial charge on any atom is -0.507 e. The smallest absolute Gasteiger partial charge is 0.305 e. The van der Waals surface area contributed by atoms with Crippen LogP contribution in [0.2, 0.25) is 0 Å². The summed E-state index contributed by atoms with van der Waals surface area (Å²) in [6, 6.07) is 4.31. The van der Waals surface area contributed by atoms with Crippen LogP contribution in [-0.4, -0.2) is 51.2 Å². The van der Waals surface area contributed by atoms with Gasteiger partial charge in [-0.25, -0.2) is 0 Å². The van der Waals surface area contributed by atoms with E-state index in [0.29, 0.717) is 0 Å². The molecule has 4 atom stereocenters. The molecule has 0 aromatic heterocycles. The van der Waals surface area contributed by atoms with Crippen molar-refractivity contribution in [2.24, 2.45) is 0 Å². The number of epoxide rings is 1. The fourth-order valence-electron chi connectivity index (χ4n) is 4.02. The van der Waals surface area contributed by atoms with Gasteiger partial charge in [0.1, 0.15) is 5.75 Å². The number of carboxylic acid groups (broad SMARTS) is 1. The van der Waals surface area contributed by atoms with Gasteiger partial charge < -0.3 is 19.7 Å². The van der Waals surface area contributed by atoms with E-state index < -0.39 is 40.9 Å². The van der Waals surface area contributed by atoms with E-state index in [-0.39, 0.29) is 29.7 Å². The Labute approximate surface area is 130 Å². The van der Waals surface area contributed by atoms with Crippen molar-refractivity contribution in [3.05, 3.63) is 29.3 Å². The Kier molecular flexibility index (Phi) is 2.61. The maximum Gasteiger partial charge on any atom is 0.305 e. The lowest BCUT2D eigenvalue weighted by Crippen LogP contribution is -2.57. The van der Waals surface area contributed by atoms with Crippen LogP contribution >= 0.6 is 0 Å². The molecule has 0 radical (unpaired) electrons. The molecular formula is C16H14O7. The Balaban J connectivity index is 1.83. The summed E-state index contributed by atoms with van der Waals surface area (Å²) in [6.45, 7) is 1.59. The number of ether oxygens (including phenoxy) is 2. The van der Waals surface area contributed by atoms with Gasteiger partial charge in [0.05, 0.1) is 24.2 Å². The van der Waals surface area contributed by atoms with Crippen molar-refractivity contribution in [2.45, 2.75) is 43.2 Å². The molecule has 2 aliphatic heterocycles. The number of phenolic OH excluding ortho intramolecular Hbond substituents is 1. The number of benzene rings is 1. The van der Waals surface area contributed by atoms with Gasteiger partial charge in [0.25, 0.3) is 0 Å². The molecular weight excluding hydrogens is 304 g/mol. The second-order valence-corrected chi connectivity index (χ2v) is 6.22. The van der Waals surface area contributed by atoms with Crippen LogP contribution in [0.25, 0.3) is 0 Å². The second kappa shape index (κ2) is 4.18. The van der Waals surface area contributed by atoms with Crippen LogP contribution in [0, 0.1) is 0 Å². The zero-order valence-electron chi connectivity index (χ0n) is 12.2. The van der Waals surface area contributed by atoms with Gasteiger partial charge in [-0.05, 0) is 13.0 Å². The number of phenols is 1. The molecule has 0 amide bonds. The number of hydrogen-bond donors (Lipinski definition) is 2. The number of aromatic hydroxyl groups is 1. The average molecular weight is 318 g/mol. The molecule has 1 aromatic rings. The van der Waals surface area contributed by atoms with E-state index in [4.69, 9.17) is 14.6 Å². The Morgan fingerprint density at radius 3 is 2.78 bits per heavy atom. The fraction of sp³-hybridized carbons (Fsp3) is 0.438. The molecule has 4 rings (SSSR count). The SMILES string of the molecule is C[C@H]1O[C@@H](CC(=O)O)C[C@]23O[C@]12C(=O)c1c(O)cccc1C3=O. The van der Waals surface area contributed by atoms with Crippen LogP contribution in [0.3, 0.4) is 0 Å². The largest absolute Gasteiger partial charge is 0.507 e. The summed E-state index contributed by atoms with van der Waals surface area (Å²) in [4.78, 5) is 36.7. The predicted octanol–water partition coefficient (Wildman–Crippen LogP) is 0.931. The first kappa shape index (κ1) is 14.3. The number of Topliss-reactive ketones (excluding diaryl/α,β-unsaturated/α-hetero) is 2. The molecule has 2 heterocycles. The monoisotopic (exact) mass is 318 g/mol. The first-order valence-corrected chi connectivity index (χ1v) is 7.32. The lowest BCUT2D eigenvalue weighted by atomic mass is 9.68. The molecule has 2 N–H and O–H groups in total. The maximum atomic E-state index is 12.9. The summed E-state index contributed by atoms with van der Waals surface area (Å²) < 4.78 is 11.3. The minimum atomic E-state index is -1.45. The first-order valence-electron chi connectivity index (χ1n) is 7.32. The highest BCUT2D eigenvalue weighted by Crippen LogP contribution is 2.63. The van der Waals surface area contributed by atoms with Crippen LogP contribution in [0.4, 0.5) is 0 Å². The number of hydrogen-bond acceptors (Lipinski definition) is 6. The van der Waals surface area contributed by atoms with Crippen LogP contribution in [0.5, 0.6) is 5.75 Å². The first-order chi connectivity index (χ1) is 10.8. The van der Waals surface area contributed by atoms with Gasteiger partial charge in [-0.15, -0.1) is 0 Å². The van der Waals surface area contributed by atoms with Gasteiger partial charge in [0, 0.05) is 12.0 Å². The maximum absolute atomic E-state index is 12.9. The lowest BCUT2D eigenvalue weighted by Gasteiger charge is -2.36. The normalized spacial score (nSPS) is 37.6. The molecule has 2 saturated heterocycles. The highest BCUT2D eigenvalue weighted by molar-refractivity contribution is 6.26. The Morgan fingerprint density at radius 1 is 1.35 bits per heavy atom. The number of carbonyl (C=O) groups excluding carboxylic acids is 2. The lowest BCUT2D eigenvalue weighted by molar-refractivity contribution is -0.143. The molecule has 7 nitrogen and oxygen atoms in total. The minimum absolute atomic E-state index is 0.0172. The summed E-state index contributed by atoms with van der Waals surface area (Å²) in [5.74, 6) is -2.18. The molecule has 23 heavy (non-hydrogen) atoms. The van der Waals surface area contributed by atoms with Gasteiger partial charge in [0.2, 0.25) is 5.78 Å². The molecule has 1 aromatic carbocycles. The predicted molar refractivity (Wildman–Crippen MR) is 74.5 cm³/mol. The summed E-state index contributed by atoms with van der Waals surface area (Å²) in [5.41, 5.74) is -2.75. The van der Waals surface area contributed by atoms with Crippen LogP contribution < -0.4 is 0 Å². The topological polar surface area (TPSA) is 113 Å². The molecule has 0 spiro atoms. The molecule has 120 valence electrons. The van der Waals surface area contributed by atoms with Crippen LogP contribution in [0.1, 0.15) is 40.5 Å². The zero-order chi connectivity index (χ0) is 16.6. The number of fused-ring (bicyclic) bond motifs is 1. The van der Waals surface area contributed by atoms with E-state index in [1.54, 1.807) is 6.92 Å². The van der Waals surface area contributed by atoms with E-state index in [0.717, 1.165) is 0 Å². The van der Waals surface area contributed by atoms with E-state index in [1.807, 2.05) is 0 Å². The number of rotatable bonds is 2. The van der Waals surface area contributed by atoms with E-state index in [9.17, 15) is 19.5 Å². The van der Waals surface area contributed by atoms with Gasteiger partial charge in [-0.2, -0.15) is 0 Å². The number of ketones is 2. The third-order valence-electron chi connectivity index (χ3n) is 5.00. The van der Waals surface area contributed by atoms with Gasteiger partial charge in [-0.3, -0.25) is 14.4 Å². The highest BCUT2D eigenvalue weighted by atomic mass is 16.7. The second-order valence-electron chi connectivity index (χ2n) is 6.22. The molecule has 2 fully saturated rings. The van der Waals surface area contributed by atoms with Gasteiger partial charge in [0.15, 0.2) is 17.0 Å². The molecule has 1 aliphatic carbocycles. The number of carbonyl (C=O) groups is 3. The Morgan fingerprint density at radius 2 is 2.09 bits per heavy atom. The fourth-order valence-corrected chi connectivity index (χ4v) is 4.02. The average Bonchev–Trinajstić information content (AvgIpc) is 3.17. The van der Waals surface area contributed by atoms with Crippen LogP contribution in [-0.2, 0) is 14.3 Å². The van der Waals surface area contributed by atoms with Crippen molar-refractivity contribution >= 4 is 17.5 Å². The summed E-state index contributed by atoms with van der Waals surface area (Å²) >= 11 is 0. The molecule has 3 aliphatic rings. The van der Waals surface area contributed by atoms with Crippen molar-refractivity contribution < 1.29 is 34.1 Å². The van der Waals surface area contributed by atoms with Crippen molar-refractivity contribution in [1.29, 1.82) is 0 Å². The molecule has 7 heteroatoms. The van der Waals surface area contributed by atoms with Crippen molar-refractivity contribution in [2.75, 3.05) is 0 Å². The third kappa shape index (κ3) is 1.53. The number of carboxylic acids is 1. The van der Waals surface area contributed by atoms with Crippen molar-refractivity contribution in [3.8, 4) is 5.75 Å². The Bertz CT molecular complexity index is 770. The van der Waals surface area contributed by atoms with Crippen molar-refractivity contribution in [1.82, 2.24) is 0 Å². The van der Waals surface area contributed by atoms with Crippen LogP contribution in [0.15, 0.2) is 18.2 Å². The summed E-state index contributed by atoms with van der Waals surface area (Å²) in [6.07, 6.45) is -1.72. The highest BCUT2D eigenvalue weighted by Gasteiger charge is 2.85.